The van der Waals surface area contributed by atoms with Gasteiger partial charge in [-0.05, 0) is 37.2 Å². The van der Waals surface area contributed by atoms with E-state index in [2.05, 4.69) is 20.8 Å². The molecule has 0 aromatic carbocycles. The van der Waals surface area contributed by atoms with E-state index >= 15 is 0 Å². The summed E-state index contributed by atoms with van der Waals surface area (Å²) in [5.74, 6) is 0.0193. The fourth-order valence-electron chi connectivity index (χ4n) is 3.42. The minimum Gasteiger partial charge on any atom is -0.351 e. The molecule has 3 amide bonds. The molecular formula is C17H27N3O2. The Morgan fingerprint density at radius 2 is 1.73 bits per heavy atom. The smallest absolute Gasteiger partial charge is 0.314 e. The zero-order chi connectivity index (χ0) is 16.3. The van der Waals surface area contributed by atoms with Crippen LogP contribution >= 0.6 is 0 Å². The molecule has 2 rings (SSSR count). The lowest BCUT2D eigenvalue weighted by molar-refractivity contribution is -0.127. The summed E-state index contributed by atoms with van der Waals surface area (Å²) in [5, 5.41) is 0. The van der Waals surface area contributed by atoms with Crippen LogP contribution in [0.2, 0.25) is 0 Å². The number of hydrogen-bond donors (Lipinski definition) is 1. The molecule has 0 atom stereocenters. The van der Waals surface area contributed by atoms with Crippen LogP contribution in [0.5, 0.6) is 0 Å². The van der Waals surface area contributed by atoms with Gasteiger partial charge in [-0.3, -0.25) is 4.79 Å². The topological polar surface area (TPSA) is 66.6 Å². The highest BCUT2D eigenvalue weighted by Gasteiger charge is 2.27. The maximum absolute atomic E-state index is 12.3. The summed E-state index contributed by atoms with van der Waals surface area (Å²) in [7, 11) is 0. The molecule has 122 valence electrons. The van der Waals surface area contributed by atoms with Crippen LogP contribution < -0.4 is 5.73 Å². The molecule has 1 saturated heterocycles. The normalized spacial score (nSPS) is 22.3. The number of carbonyl (C=O) groups is 2. The van der Waals surface area contributed by atoms with Crippen LogP contribution in [0.3, 0.4) is 0 Å². The van der Waals surface area contributed by atoms with Crippen molar-refractivity contribution >= 4 is 11.9 Å². The van der Waals surface area contributed by atoms with Crippen LogP contribution in [0.25, 0.3) is 0 Å². The van der Waals surface area contributed by atoms with E-state index in [1.54, 1.807) is 15.9 Å². The van der Waals surface area contributed by atoms with E-state index in [0.717, 1.165) is 12.8 Å². The maximum atomic E-state index is 12.3. The molecule has 0 bridgehead atoms. The fourth-order valence-corrected chi connectivity index (χ4v) is 3.42. The van der Waals surface area contributed by atoms with Crippen molar-refractivity contribution in [2.45, 2.75) is 40.0 Å². The lowest BCUT2D eigenvalue weighted by atomic mass is 9.72. The van der Waals surface area contributed by atoms with E-state index in [-0.39, 0.29) is 11.3 Å². The number of hydrogen-bond acceptors (Lipinski definition) is 2. The van der Waals surface area contributed by atoms with Gasteiger partial charge in [0.05, 0.1) is 0 Å². The van der Waals surface area contributed by atoms with Crippen molar-refractivity contribution in [2.75, 3.05) is 26.2 Å². The molecule has 0 radical (unpaired) electrons. The largest absolute Gasteiger partial charge is 0.351 e. The van der Waals surface area contributed by atoms with Gasteiger partial charge in [0.2, 0.25) is 5.91 Å². The molecule has 5 nitrogen and oxygen atoms in total. The number of amides is 3. The van der Waals surface area contributed by atoms with Gasteiger partial charge in [0, 0.05) is 32.3 Å². The molecule has 2 N–H and O–H groups in total. The standard InChI is InChI=1S/C17H27N3O2/c1-13-5-4-8-17(2,3)14(13)6-7-15(21)19-9-11-20(12-10-19)16(18)22/h6-7H,4-5,8-12H2,1-3H3,(H2,18,22). The van der Waals surface area contributed by atoms with Gasteiger partial charge in [0.1, 0.15) is 0 Å². The van der Waals surface area contributed by atoms with Gasteiger partial charge < -0.3 is 15.5 Å². The van der Waals surface area contributed by atoms with Gasteiger partial charge in [0.25, 0.3) is 0 Å². The van der Waals surface area contributed by atoms with Crippen molar-refractivity contribution in [1.29, 1.82) is 0 Å². The summed E-state index contributed by atoms with van der Waals surface area (Å²) < 4.78 is 0. The Hall–Kier alpha value is -1.78. The Labute approximate surface area is 132 Å². The Balaban J connectivity index is 1.99. The zero-order valence-corrected chi connectivity index (χ0v) is 13.9. The first-order valence-electron chi connectivity index (χ1n) is 8.03. The zero-order valence-electron chi connectivity index (χ0n) is 13.9. The number of nitrogens with two attached hydrogens (primary N) is 1. The van der Waals surface area contributed by atoms with Crippen molar-refractivity contribution in [1.82, 2.24) is 9.80 Å². The third kappa shape index (κ3) is 3.70. The number of rotatable bonds is 2. The van der Waals surface area contributed by atoms with Gasteiger partial charge in [-0.15, -0.1) is 0 Å². The minimum atomic E-state index is -0.410. The van der Waals surface area contributed by atoms with Crippen molar-refractivity contribution in [3.05, 3.63) is 23.3 Å². The molecule has 0 aromatic heterocycles. The Morgan fingerprint density at radius 3 is 2.27 bits per heavy atom. The SMILES string of the molecule is CC1=C(C=CC(=O)N2CCN(C(N)=O)CC2)C(C)(C)CCC1. The van der Waals surface area contributed by atoms with Crippen LogP contribution in [0.4, 0.5) is 4.79 Å². The number of allylic oxidation sites excluding steroid dienone is 3. The van der Waals surface area contributed by atoms with E-state index in [4.69, 9.17) is 5.73 Å². The van der Waals surface area contributed by atoms with Crippen molar-refractivity contribution in [3.8, 4) is 0 Å². The van der Waals surface area contributed by atoms with Crippen LogP contribution in [0, 0.1) is 5.41 Å². The number of urea groups is 1. The predicted octanol–water partition coefficient (Wildman–Crippen LogP) is 2.29. The molecule has 1 fully saturated rings. The van der Waals surface area contributed by atoms with Gasteiger partial charge >= 0.3 is 6.03 Å². The first-order chi connectivity index (χ1) is 10.3. The second kappa shape index (κ2) is 6.55. The molecule has 0 spiro atoms. The molecule has 0 aromatic rings. The van der Waals surface area contributed by atoms with Crippen LogP contribution in [-0.4, -0.2) is 47.9 Å². The second-order valence-electron chi connectivity index (χ2n) is 6.92. The Morgan fingerprint density at radius 1 is 1.14 bits per heavy atom. The third-order valence-electron chi connectivity index (χ3n) is 4.84. The highest BCUT2D eigenvalue weighted by Crippen LogP contribution is 2.40. The Kier molecular flexibility index (Phi) is 4.94. The highest BCUT2D eigenvalue weighted by molar-refractivity contribution is 5.88. The van der Waals surface area contributed by atoms with Crippen LogP contribution in [-0.2, 0) is 4.79 Å². The van der Waals surface area contributed by atoms with E-state index in [1.165, 1.54) is 17.6 Å². The molecule has 2 aliphatic rings. The third-order valence-corrected chi connectivity index (χ3v) is 4.84. The number of nitrogens with zero attached hydrogens (tertiary/aromatic N) is 2. The number of piperazine rings is 1. The quantitative estimate of drug-likeness (QED) is 0.795. The minimum absolute atomic E-state index is 0.0193. The molecule has 1 heterocycles. The first kappa shape index (κ1) is 16.6. The fraction of sp³-hybridized carbons (Fsp3) is 0.647. The summed E-state index contributed by atoms with van der Waals surface area (Å²) in [6, 6.07) is -0.410. The van der Waals surface area contributed by atoms with Crippen LogP contribution in [0.15, 0.2) is 23.3 Å². The molecule has 1 aliphatic carbocycles. The molecule has 0 unspecified atom stereocenters. The predicted molar refractivity (Wildman–Crippen MR) is 87.2 cm³/mol. The van der Waals surface area contributed by atoms with Gasteiger partial charge in [-0.2, -0.15) is 0 Å². The Bertz CT molecular complexity index is 512. The van der Waals surface area contributed by atoms with Gasteiger partial charge in [-0.25, -0.2) is 4.79 Å². The average Bonchev–Trinajstić information content (AvgIpc) is 2.46. The second-order valence-corrected chi connectivity index (χ2v) is 6.92. The maximum Gasteiger partial charge on any atom is 0.314 e. The van der Waals surface area contributed by atoms with E-state index in [9.17, 15) is 9.59 Å². The van der Waals surface area contributed by atoms with Crippen LogP contribution in [0.1, 0.15) is 40.0 Å². The summed E-state index contributed by atoms with van der Waals surface area (Å²) in [6.07, 6.45) is 7.19. The van der Waals surface area contributed by atoms with E-state index in [0.29, 0.717) is 26.2 Å². The monoisotopic (exact) mass is 305 g/mol. The van der Waals surface area contributed by atoms with Gasteiger partial charge in [0.15, 0.2) is 0 Å². The number of primary amides is 1. The lowest BCUT2D eigenvalue weighted by Crippen LogP contribution is -2.51. The van der Waals surface area contributed by atoms with Gasteiger partial charge in [-0.1, -0.05) is 25.5 Å². The first-order valence-corrected chi connectivity index (χ1v) is 8.03. The van der Waals surface area contributed by atoms with Crippen molar-refractivity contribution in [3.63, 3.8) is 0 Å². The van der Waals surface area contributed by atoms with E-state index < -0.39 is 6.03 Å². The molecule has 1 aliphatic heterocycles. The summed E-state index contributed by atoms with van der Waals surface area (Å²) in [4.78, 5) is 26.8. The van der Waals surface area contributed by atoms with Crippen molar-refractivity contribution < 1.29 is 9.59 Å². The summed E-state index contributed by atoms with van der Waals surface area (Å²) in [5.41, 5.74) is 8.08. The highest BCUT2D eigenvalue weighted by atomic mass is 16.2. The van der Waals surface area contributed by atoms with E-state index in [1.807, 2.05) is 6.08 Å². The molecular weight excluding hydrogens is 278 g/mol. The molecule has 5 heteroatoms. The summed E-state index contributed by atoms with van der Waals surface area (Å²) >= 11 is 0. The average molecular weight is 305 g/mol. The van der Waals surface area contributed by atoms with Crippen molar-refractivity contribution in [2.24, 2.45) is 11.1 Å². The lowest BCUT2D eigenvalue weighted by Gasteiger charge is -2.34. The number of carbonyl (C=O) groups excluding carboxylic acids is 2. The molecule has 0 saturated carbocycles. The molecule has 22 heavy (non-hydrogen) atoms. The summed E-state index contributed by atoms with van der Waals surface area (Å²) in [6.45, 7) is 8.78.